The Hall–Kier alpha value is -2.31. The van der Waals surface area contributed by atoms with Gasteiger partial charge >= 0.3 is 0 Å². The first kappa shape index (κ1) is 18.7. The highest BCUT2D eigenvalue weighted by Gasteiger charge is 2.13. The molecule has 0 aliphatic carbocycles. The third-order valence-corrected chi connectivity index (χ3v) is 3.32. The average molecular weight is 321 g/mol. The Morgan fingerprint density at radius 2 is 2.09 bits per heavy atom. The van der Waals surface area contributed by atoms with Crippen LogP contribution in [0.1, 0.15) is 30.9 Å². The number of carbonyl (C=O) groups is 1. The molecule has 0 radical (unpaired) electrons. The number of guanidine groups is 1. The molecule has 0 atom stereocenters. The third kappa shape index (κ3) is 5.77. The predicted octanol–water partition coefficient (Wildman–Crippen LogP) is 1.11. The summed E-state index contributed by atoms with van der Waals surface area (Å²) in [5, 5.41) is 10.2. The number of amides is 1. The normalized spacial score (nSPS) is 11.2. The Kier molecular flexibility index (Phi) is 7.87. The van der Waals surface area contributed by atoms with Crippen molar-refractivity contribution in [3.05, 3.63) is 29.7 Å². The van der Waals surface area contributed by atoms with Crippen molar-refractivity contribution in [1.82, 2.24) is 20.7 Å². The minimum atomic E-state index is -0.0217. The van der Waals surface area contributed by atoms with Crippen molar-refractivity contribution in [3.8, 4) is 0 Å². The minimum absolute atomic E-state index is 0.0217. The molecular formula is C16H27N5O2. The fourth-order valence-corrected chi connectivity index (χ4v) is 1.94. The van der Waals surface area contributed by atoms with Crippen LogP contribution in [0.4, 0.5) is 0 Å². The van der Waals surface area contributed by atoms with E-state index in [2.05, 4.69) is 27.4 Å². The van der Waals surface area contributed by atoms with Crippen molar-refractivity contribution in [2.45, 2.75) is 33.2 Å². The van der Waals surface area contributed by atoms with Crippen LogP contribution in [-0.4, -0.2) is 49.1 Å². The lowest BCUT2D eigenvalue weighted by molar-refractivity contribution is -0.127. The number of carbonyl (C=O) groups excluding carboxylic acids is 1. The third-order valence-electron chi connectivity index (χ3n) is 3.32. The summed E-state index contributed by atoms with van der Waals surface area (Å²) in [6.07, 6.45) is 3.31. The van der Waals surface area contributed by atoms with Gasteiger partial charge in [-0.15, -0.1) is 6.58 Å². The lowest BCUT2D eigenvalue weighted by Crippen LogP contribution is -2.43. The molecule has 0 bridgehead atoms. The number of hydrogen-bond acceptors (Lipinski definition) is 4. The van der Waals surface area contributed by atoms with Crippen LogP contribution in [0.25, 0.3) is 0 Å². The smallest absolute Gasteiger partial charge is 0.241 e. The summed E-state index contributed by atoms with van der Waals surface area (Å²) < 4.78 is 5.34. The minimum Gasteiger partial charge on any atom is -0.361 e. The van der Waals surface area contributed by atoms with E-state index in [0.717, 1.165) is 29.9 Å². The monoisotopic (exact) mass is 321 g/mol. The number of nitrogens with zero attached hydrogens (tertiary/aromatic N) is 3. The first-order valence-corrected chi connectivity index (χ1v) is 7.82. The summed E-state index contributed by atoms with van der Waals surface area (Å²) in [4.78, 5) is 17.7. The van der Waals surface area contributed by atoms with E-state index in [1.165, 1.54) is 4.90 Å². The molecule has 1 aromatic rings. The maximum absolute atomic E-state index is 11.7. The van der Waals surface area contributed by atoms with E-state index < -0.39 is 0 Å². The van der Waals surface area contributed by atoms with Gasteiger partial charge in [0.2, 0.25) is 5.91 Å². The molecule has 1 rings (SSSR count). The van der Waals surface area contributed by atoms with E-state index in [0.29, 0.717) is 19.0 Å². The summed E-state index contributed by atoms with van der Waals surface area (Å²) in [5.74, 6) is 1.40. The van der Waals surface area contributed by atoms with E-state index in [1.807, 2.05) is 13.8 Å². The average Bonchev–Trinajstić information content (AvgIpc) is 2.95. The van der Waals surface area contributed by atoms with Gasteiger partial charge in [0.25, 0.3) is 0 Å². The molecule has 2 N–H and O–H groups in total. The van der Waals surface area contributed by atoms with Gasteiger partial charge in [0.05, 0.1) is 18.8 Å². The fourth-order valence-electron chi connectivity index (χ4n) is 1.94. The summed E-state index contributed by atoms with van der Waals surface area (Å²) in [6, 6.07) is 0. The SMILES string of the molecule is C=CCNC(=NCc1c(CC)noc1CC)NCC(=O)N(C)C. The lowest BCUT2D eigenvalue weighted by Gasteiger charge is -2.14. The van der Waals surface area contributed by atoms with Gasteiger partial charge in [-0.1, -0.05) is 25.1 Å². The first-order chi connectivity index (χ1) is 11.0. The molecule has 0 unspecified atom stereocenters. The van der Waals surface area contributed by atoms with Crippen LogP contribution in [0.2, 0.25) is 0 Å². The molecule has 0 spiro atoms. The quantitative estimate of drug-likeness (QED) is 0.426. The number of aryl methyl sites for hydroxylation is 2. The van der Waals surface area contributed by atoms with E-state index in [1.54, 1.807) is 20.2 Å². The molecule has 7 nitrogen and oxygen atoms in total. The standard InChI is InChI=1S/C16H27N5O2/c1-6-9-17-16(19-11-15(22)21(4)5)18-10-12-13(7-2)20-23-14(12)8-3/h6H,1,7-11H2,2-5H3,(H2,17,18,19). The summed E-state index contributed by atoms with van der Waals surface area (Å²) >= 11 is 0. The van der Waals surface area contributed by atoms with Crippen LogP contribution < -0.4 is 10.6 Å². The highest BCUT2D eigenvalue weighted by molar-refractivity contribution is 5.86. The second-order valence-electron chi connectivity index (χ2n) is 5.21. The van der Waals surface area contributed by atoms with Crippen LogP contribution in [0.15, 0.2) is 22.2 Å². The fraction of sp³-hybridized carbons (Fsp3) is 0.562. The van der Waals surface area contributed by atoms with Crippen molar-refractivity contribution in [2.75, 3.05) is 27.2 Å². The van der Waals surface area contributed by atoms with E-state index in [9.17, 15) is 4.79 Å². The zero-order valence-electron chi connectivity index (χ0n) is 14.5. The van der Waals surface area contributed by atoms with Gasteiger partial charge in [-0.05, 0) is 6.42 Å². The van der Waals surface area contributed by atoms with Gasteiger partial charge in [-0.3, -0.25) is 4.79 Å². The van der Waals surface area contributed by atoms with E-state index in [-0.39, 0.29) is 12.5 Å². The zero-order valence-corrected chi connectivity index (χ0v) is 14.5. The number of likely N-dealkylation sites (N-methyl/N-ethyl adjacent to an activating group) is 1. The Labute approximate surface area is 137 Å². The molecule has 0 saturated heterocycles. The van der Waals surface area contributed by atoms with Gasteiger partial charge < -0.3 is 20.1 Å². The van der Waals surface area contributed by atoms with Gasteiger partial charge in [-0.2, -0.15) is 0 Å². The van der Waals surface area contributed by atoms with Crippen molar-refractivity contribution in [3.63, 3.8) is 0 Å². The van der Waals surface area contributed by atoms with Gasteiger partial charge in [0.15, 0.2) is 5.96 Å². The van der Waals surface area contributed by atoms with Gasteiger partial charge in [0, 0.05) is 32.6 Å². The molecule has 0 saturated carbocycles. The van der Waals surface area contributed by atoms with E-state index >= 15 is 0 Å². The van der Waals surface area contributed by atoms with Crippen LogP contribution in [0.3, 0.4) is 0 Å². The molecule has 23 heavy (non-hydrogen) atoms. The Morgan fingerprint density at radius 1 is 1.35 bits per heavy atom. The van der Waals surface area contributed by atoms with Crippen molar-refractivity contribution in [1.29, 1.82) is 0 Å². The highest BCUT2D eigenvalue weighted by Crippen LogP contribution is 2.16. The zero-order chi connectivity index (χ0) is 17.2. The van der Waals surface area contributed by atoms with Crippen LogP contribution in [0, 0.1) is 0 Å². The second-order valence-corrected chi connectivity index (χ2v) is 5.21. The van der Waals surface area contributed by atoms with Crippen LogP contribution in [0.5, 0.6) is 0 Å². The first-order valence-electron chi connectivity index (χ1n) is 7.82. The number of rotatable bonds is 8. The molecule has 0 fully saturated rings. The topological polar surface area (TPSA) is 82.8 Å². The molecule has 0 aromatic carbocycles. The Morgan fingerprint density at radius 3 is 2.65 bits per heavy atom. The van der Waals surface area contributed by atoms with Crippen molar-refractivity contribution < 1.29 is 9.32 Å². The summed E-state index contributed by atoms with van der Waals surface area (Å²) in [6.45, 7) is 8.94. The summed E-state index contributed by atoms with van der Waals surface area (Å²) in [5.41, 5.74) is 1.95. The number of aliphatic imine (C=N–C) groups is 1. The second kappa shape index (κ2) is 9.66. The van der Waals surface area contributed by atoms with Crippen LogP contribution in [-0.2, 0) is 24.2 Å². The Balaban J connectivity index is 2.81. The van der Waals surface area contributed by atoms with Crippen LogP contribution >= 0.6 is 0 Å². The highest BCUT2D eigenvalue weighted by atomic mass is 16.5. The molecule has 7 heteroatoms. The largest absolute Gasteiger partial charge is 0.361 e. The molecule has 1 amide bonds. The lowest BCUT2D eigenvalue weighted by atomic mass is 10.1. The molecular weight excluding hydrogens is 294 g/mol. The maximum atomic E-state index is 11.7. The van der Waals surface area contributed by atoms with Gasteiger partial charge in [-0.25, -0.2) is 4.99 Å². The Bertz CT molecular complexity index is 527. The van der Waals surface area contributed by atoms with E-state index in [4.69, 9.17) is 4.52 Å². The van der Waals surface area contributed by atoms with Crippen molar-refractivity contribution in [2.24, 2.45) is 4.99 Å². The number of hydrogen-bond donors (Lipinski definition) is 2. The molecule has 1 heterocycles. The molecule has 128 valence electrons. The molecule has 0 aliphatic heterocycles. The van der Waals surface area contributed by atoms with Gasteiger partial charge in [0.1, 0.15) is 5.76 Å². The summed E-state index contributed by atoms with van der Waals surface area (Å²) in [7, 11) is 3.44. The predicted molar refractivity (Wildman–Crippen MR) is 91.3 cm³/mol. The number of nitrogens with one attached hydrogen (secondary N) is 2. The number of aromatic nitrogens is 1. The van der Waals surface area contributed by atoms with Crippen molar-refractivity contribution >= 4 is 11.9 Å². The molecule has 1 aromatic heterocycles. The maximum Gasteiger partial charge on any atom is 0.241 e. The molecule has 0 aliphatic rings.